The Morgan fingerprint density at radius 2 is 1.57 bits per heavy atom. The summed E-state index contributed by atoms with van der Waals surface area (Å²) in [6.07, 6.45) is 1.65. The molecule has 0 aromatic carbocycles. The van der Waals surface area contributed by atoms with Gasteiger partial charge in [-0.1, -0.05) is 0 Å². The van der Waals surface area contributed by atoms with E-state index in [0.717, 1.165) is 12.8 Å². The summed E-state index contributed by atoms with van der Waals surface area (Å²) in [5.41, 5.74) is 0. The van der Waals surface area contributed by atoms with E-state index in [4.69, 9.17) is 19.3 Å². The van der Waals surface area contributed by atoms with Gasteiger partial charge in [-0.3, -0.25) is 14.5 Å². The van der Waals surface area contributed by atoms with Gasteiger partial charge in [-0.15, -0.1) is 0 Å². The fourth-order valence-electron chi connectivity index (χ4n) is 3.54. The van der Waals surface area contributed by atoms with Crippen LogP contribution in [0.4, 0.5) is 0 Å². The Kier molecular flexibility index (Phi) is 4.54. The fraction of sp³-hybridized carbons (Fsp3) is 0.857. The van der Waals surface area contributed by atoms with Crippen LogP contribution in [0.2, 0.25) is 0 Å². The minimum absolute atomic E-state index is 0.00996. The molecule has 3 saturated heterocycles. The van der Waals surface area contributed by atoms with Gasteiger partial charge in [-0.25, -0.2) is 0 Å². The van der Waals surface area contributed by atoms with Gasteiger partial charge in [-0.05, 0) is 12.8 Å². The molecule has 4 unspecified atom stereocenters. The molecule has 3 aliphatic heterocycles. The Balaban J connectivity index is 1.42. The summed E-state index contributed by atoms with van der Waals surface area (Å²) in [4.78, 5) is 25.9. The van der Waals surface area contributed by atoms with Crippen molar-refractivity contribution in [2.75, 3.05) is 39.6 Å². The molecule has 1 N–H and O–H groups in total. The molecule has 21 heavy (non-hydrogen) atoms. The first-order valence-corrected chi connectivity index (χ1v) is 7.51. The number of carbonyl (C=O) groups is 2. The molecule has 118 valence electrons. The van der Waals surface area contributed by atoms with E-state index in [1.807, 2.05) is 0 Å². The number of likely N-dealkylation sites (tertiary alicyclic amines) is 1. The second kappa shape index (κ2) is 6.39. The van der Waals surface area contributed by atoms with Gasteiger partial charge in [0.15, 0.2) is 0 Å². The molecular formula is C14H21NO6. The van der Waals surface area contributed by atoms with Crippen LogP contribution in [0.15, 0.2) is 0 Å². The smallest absolute Gasteiger partial charge is 0.235 e. The zero-order valence-electron chi connectivity index (χ0n) is 11.9. The summed E-state index contributed by atoms with van der Waals surface area (Å²) in [5.74, 6) is -0.720. The highest BCUT2D eigenvalue weighted by atomic mass is 16.5. The van der Waals surface area contributed by atoms with E-state index in [1.165, 1.54) is 4.90 Å². The first-order chi connectivity index (χ1) is 10.2. The number of rotatable bonds is 8. The van der Waals surface area contributed by atoms with Crippen LogP contribution in [0.3, 0.4) is 0 Å². The lowest BCUT2D eigenvalue weighted by atomic mass is 9.81. The lowest BCUT2D eigenvalue weighted by Crippen LogP contribution is -2.36. The first kappa shape index (κ1) is 14.9. The van der Waals surface area contributed by atoms with E-state index < -0.39 is 0 Å². The van der Waals surface area contributed by atoms with E-state index in [-0.39, 0.29) is 42.5 Å². The van der Waals surface area contributed by atoms with Crippen molar-refractivity contribution in [1.82, 2.24) is 4.90 Å². The zero-order chi connectivity index (χ0) is 14.8. The highest BCUT2D eigenvalue weighted by Gasteiger charge is 2.62. The average Bonchev–Trinajstić information content (AvgIpc) is 3.15. The predicted molar refractivity (Wildman–Crippen MR) is 70.3 cm³/mol. The van der Waals surface area contributed by atoms with Crippen LogP contribution in [-0.2, 0) is 23.8 Å². The minimum Gasteiger partial charge on any atom is -0.394 e. The molecule has 7 heteroatoms. The number of ether oxygens (including phenoxy) is 3. The number of nitrogens with zero attached hydrogens (tertiary/aromatic N) is 1. The fourth-order valence-corrected chi connectivity index (χ4v) is 3.54. The lowest BCUT2D eigenvalue weighted by Gasteiger charge is -2.17. The van der Waals surface area contributed by atoms with Crippen LogP contribution >= 0.6 is 0 Å². The molecule has 3 fully saturated rings. The number of amides is 2. The van der Waals surface area contributed by atoms with Gasteiger partial charge in [-0.2, -0.15) is 0 Å². The van der Waals surface area contributed by atoms with Gasteiger partial charge in [0.2, 0.25) is 11.8 Å². The van der Waals surface area contributed by atoms with Gasteiger partial charge in [0, 0.05) is 0 Å². The molecule has 0 saturated carbocycles. The van der Waals surface area contributed by atoms with Crippen molar-refractivity contribution < 1.29 is 28.9 Å². The minimum atomic E-state index is -0.260. The molecule has 4 atom stereocenters. The van der Waals surface area contributed by atoms with E-state index in [2.05, 4.69) is 0 Å². The number of hydrogen-bond donors (Lipinski definition) is 1. The van der Waals surface area contributed by atoms with Crippen molar-refractivity contribution in [2.24, 2.45) is 11.8 Å². The molecular weight excluding hydrogens is 278 g/mol. The van der Waals surface area contributed by atoms with Gasteiger partial charge < -0.3 is 19.3 Å². The zero-order valence-corrected chi connectivity index (χ0v) is 11.9. The van der Waals surface area contributed by atoms with Crippen LogP contribution in [0, 0.1) is 11.8 Å². The van der Waals surface area contributed by atoms with E-state index in [1.54, 1.807) is 0 Å². The van der Waals surface area contributed by atoms with Crippen molar-refractivity contribution in [3.8, 4) is 0 Å². The highest BCUT2D eigenvalue weighted by Crippen LogP contribution is 2.48. The molecule has 0 aromatic heterocycles. The van der Waals surface area contributed by atoms with Crippen molar-refractivity contribution in [2.45, 2.75) is 25.0 Å². The highest BCUT2D eigenvalue weighted by molar-refractivity contribution is 6.06. The predicted octanol–water partition coefficient (Wildman–Crippen LogP) is -0.826. The number of aliphatic hydroxyl groups excluding tert-OH is 1. The van der Waals surface area contributed by atoms with Crippen LogP contribution in [-0.4, -0.2) is 73.6 Å². The monoisotopic (exact) mass is 299 g/mol. The largest absolute Gasteiger partial charge is 0.394 e. The Bertz CT molecular complexity index is 386. The Hall–Kier alpha value is -1.02. The number of carbonyl (C=O) groups excluding carboxylic acids is 2. The van der Waals surface area contributed by atoms with Crippen LogP contribution in [0.1, 0.15) is 12.8 Å². The van der Waals surface area contributed by atoms with E-state index >= 15 is 0 Å². The van der Waals surface area contributed by atoms with Gasteiger partial charge >= 0.3 is 0 Å². The lowest BCUT2D eigenvalue weighted by molar-refractivity contribution is -0.143. The van der Waals surface area contributed by atoms with Crippen molar-refractivity contribution in [3.05, 3.63) is 0 Å². The third-order valence-electron chi connectivity index (χ3n) is 4.44. The van der Waals surface area contributed by atoms with E-state index in [0.29, 0.717) is 33.0 Å². The quantitative estimate of drug-likeness (QED) is 0.465. The summed E-state index contributed by atoms with van der Waals surface area (Å²) in [6.45, 7) is 1.67. The number of fused-ring (bicyclic) bond motifs is 5. The SMILES string of the molecule is O=C1C2C3CCC(O3)C2C(=O)N1CCOCCOCCO. The van der Waals surface area contributed by atoms with Gasteiger partial charge in [0.05, 0.1) is 63.6 Å². The molecule has 7 nitrogen and oxygen atoms in total. The summed E-state index contributed by atoms with van der Waals surface area (Å²) >= 11 is 0. The molecule has 2 amide bonds. The topological polar surface area (TPSA) is 85.3 Å². The van der Waals surface area contributed by atoms with Gasteiger partial charge in [0.25, 0.3) is 0 Å². The molecule has 0 aromatic rings. The Labute approximate surface area is 123 Å². The maximum atomic E-state index is 12.3. The standard InChI is InChI=1S/C14H21NO6/c16-4-6-20-8-7-19-5-3-15-13(17)11-9-1-2-10(21-9)12(11)14(15)18/h9-12,16H,1-8H2. The van der Waals surface area contributed by atoms with Crippen molar-refractivity contribution in [1.29, 1.82) is 0 Å². The maximum Gasteiger partial charge on any atom is 0.235 e. The summed E-state index contributed by atoms with van der Waals surface area (Å²) in [5, 5.41) is 8.54. The van der Waals surface area contributed by atoms with Crippen molar-refractivity contribution in [3.63, 3.8) is 0 Å². The van der Waals surface area contributed by atoms with Crippen molar-refractivity contribution >= 4 is 11.8 Å². The molecule has 3 heterocycles. The normalized spacial score (nSPS) is 34.0. The van der Waals surface area contributed by atoms with Crippen LogP contribution in [0.5, 0.6) is 0 Å². The molecule has 0 spiro atoms. The first-order valence-electron chi connectivity index (χ1n) is 7.51. The number of imide groups is 1. The second-order valence-corrected chi connectivity index (χ2v) is 5.62. The number of aliphatic hydroxyl groups is 1. The average molecular weight is 299 g/mol. The Morgan fingerprint density at radius 1 is 1.00 bits per heavy atom. The molecule has 3 aliphatic rings. The summed E-state index contributed by atoms with van der Waals surface area (Å²) < 4.78 is 16.1. The number of hydrogen-bond acceptors (Lipinski definition) is 6. The summed E-state index contributed by atoms with van der Waals surface area (Å²) in [6, 6.07) is 0. The Morgan fingerprint density at radius 3 is 2.14 bits per heavy atom. The second-order valence-electron chi connectivity index (χ2n) is 5.62. The third-order valence-corrected chi connectivity index (χ3v) is 4.44. The van der Waals surface area contributed by atoms with Gasteiger partial charge in [0.1, 0.15) is 0 Å². The summed E-state index contributed by atoms with van der Waals surface area (Å²) in [7, 11) is 0. The van der Waals surface area contributed by atoms with E-state index in [9.17, 15) is 9.59 Å². The van der Waals surface area contributed by atoms with Crippen LogP contribution in [0.25, 0.3) is 0 Å². The molecule has 3 rings (SSSR count). The van der Waals surface area contributed by atoms with Crippen LogP contribution < -0.4 is 0 Å². The molecule has 2 bridgehead atoms. The molecule has 0 aliphatic carbocycles. The third kappa shape index (κ3) is 2.70. The maximum absolute atomic E-state index is 12.3. The molecule has 0 radical (unpaired) electrons.